The van der Waals surface area contributed by atoms with Crippen LogP contribution in [-0.2, 0) is 4.79 Å². The second-order valence-corrected chi connectivity index (χ2v) is 5.28. The van der Waals surface area contributed by atoms with E-state index >= 15 is 0 Å². The molecule has 4 aliphatic carbocycles. The molecule has 0 aromatic carbocycles. The fourth-order valence-electron chi connectivity index (χ4n) is 3.97. The summed E-state index contributed by atoms with van der Waals surface area (Å²) in [6.45, 7) is 6.87. The Bertz CT molecular complexity index is 263. The molecule has 60 valence electrons. The molecule has 4 aliphatic rings. The Labute approximate surface area is 67.2 Å². The third kappa shape index (κ3) is 0.344. The average Bonchev–Trinajstić information content (AvgIpc) is 2.14. The first-order chi connectivity index (χ1) is 5.01. The van der Waals surface area contributed by atoms with E-state index in [0.29, 0.717) is 28.4 Å². The maximum absolute atomic E-state index is 11.6. The number of rotatable bonds is 0. The molecule has 0 spiro atoms. The Morgan fingerprint density at radius 3 is 2.09 bits per heavy atom. The van der Waals surface area contributed by atoms with Gasteiger partial charge in [-0.2, -0.15) is 0 Å². The van der Waals surface area contributed by atoms with Gasteiger partial charge >= 0.3 is 0 Å². The predicted molar refractivity (Wildman–Crippen MR) is 42.0 cm³/mol. The largest absolute Gasteiger partial charge is 0.299 e. The Morgan fingerprint density at radius 2 is 2.00 bits per heavy atom. The van der Waals surface area contributed by atoms with Crippen LogP contribution in [0.3, 0.4) is 0 Å². The fraction of sp³-hybridized carbons (Fsp3) is 0.900. The molecule has 4 unspecified atom stereocenters. The third-order valence-electron chi connectivity index (χ3n) is 5.11. The SMILES string of the molecule is CC1(C)C2CC3C(C2=O)C31C. The first-order valence-electron chi connectivity index (χ1n) is 4.55. The maximum atomic E-state index is 11.6. The number of carbonyl (C=O) groups excluding carboxylic acids is 1. The summed E-state index contributed by atoms with van der Waals surface area (Å²) in [6, 6.07) is 0. The Balaban J connectivity index is 2.23. The van der Waals surface area contributed by atoms with E-state index in [1.165, 1.54) is 6.42 Å². The van der Waals surface area contributed by atoms with Crippen LogP contribution >= 0.6 is 0 Å². The molecular formula is C10H14O. The molecule has 4 bridgehead atoms. The second-order valence-electron chi connectivity index (χ2n) is 5.28. The van der Waals surface area contributed by atoms with E-state index in [1.807, 2.05) is 0 Å². The van der Waals surface area contributed by atoms with Crippen molar-refractivity contribution in [3.8, 4) is 0 Å². The Morgan fingerprint density at radius 1 is 1.36 bits per heavy atom. The molecule has 0 radical (unpaired) electrons. The minimum absolute atomic E-state index is 0.319. The summed E-state index contributed by atoms with van der Waals surface area (Å²) in [5, 5.41) is 0. The summed E-state index contributed by atoms with van der Waals surface area (Å²) in [4.78, 5) is 11.6. The lowest BCUT2D eigenvalue weighted by molar-refractivity contribution is -0.122. The highest BCUT2D eigenvalue weighted by molar-refractivity contribution is 5.95. The van der Waals surface area contributed by atoms with Crippen LogP contribution in [-0.4, -0.2) is 5.78 Å². The number of hydrogen-bond acceptors (Lipinski definition) is 1. The van der Waals surface area contributed by atoms with Crippen molar-refractivity contribution >= 4 is 5.78 Å². The van der Waals surface area contributed by atoms with Crippen LogP contribution in [0.4, 0.5) is 0 Å². The molecule has 4 fully saturated rings. The smallest absolute Gasteiger partial charge is 0.140 e. The molecule has 4 atom stereocenters. The van der Waals surface area contributed by atoms with E-state index in [2.05, 4.69) is 20.8 Å². The summed E-state index contributed by atoms with van der Waals surface area (Å²) in [5.41, 5.74) is 0.730. The minimum Gasteiger partial charge on any atom is -0.299 e. The Hall–Kier alpha value is -0.330. The van der Waals surface area contributed by atoms with E-state index in [-0.39, 0.29) is 0 Å². The van der Waals surface area contributed by atoms with Crippen molar-refractivity contribution in [3.05, 3.63) is 0 Å². The van der Waals surface area contributed by atoms with Crippen LogP contribution in [0, 0.1) is 28.6 Å². The molecule has 0 amide bonds. The zero-order chi connectivity index (χ0) is 8.02. The molecule has 0 saturated heterocycles. The van der Waals surface area contributed by atoms with Gasteiger partial charge in [0, 0.05) is 11.8 Å². The summed E-state index contributed by atoms with van der Waals surface area (Å²) < 4.78 is 0. The monoisotopic (exact) mass is 150 g/mol. The lowest BCUT2D eigenvalue weighted by Crippen LogP contribution is -2.24. The molecule has 4 rings (SSSR count). The van der Waals surface area contributed by atoms with E-state index in [1.54, 1.807) is 0 Å². The van der Waals surface area contributed by atoms with Crippen LogP contribution in [0.2, 0.25) is 0 Å². The molecule has 0 aliphatic heterocycles. The zero-order valence-electron chi connectivity index (χ0n) is 7.35. The number of ketones is 1. The van der Waals surface area contributed by atoms with Gasteiger partial charge in [-0.25, -0.2) is 0 Å². The molecule has 0 heterocycles. The topological polar surface area (TPSA) is 17.1 Å². The van der Waals surface area contributed by atoms with Gasteiger partial charge in [0.1, 0.15) is 5.78 Å². The maximum Gasteiger partial charge on any atom is 0.140 e. The highest BCUT2D eigenvalue weighted by Gasteiger charge is 2.84. The Kier molecular flexibility index (Phi) is 0.675. The van der Waals surface area contributed by atoms with Crippen molar-refractivity contribution < 1.29 is 4.79 Å². The van der Waals surface area contributed by atoms with Gasteiger partial charge in [-0.1, -0.05) is 20.8 Å². The van der Waals surface area contributed by atoms with Crippen LogP contribution in [0.25, 0.3) is 0 Å². The van der Waals surface area contributed by atoms with Gasteiger partial charge in [0.15, 0.2) is 0 Å². The fourth-order valence-corrected chi connectivity index (χ4v) is 3.97. The number of carbonyl (C=O) groups is 1. The van der Waals surface area contributed by atoms with Crippen molar-refractivity contribution in [2.75, 3.05) is 0 Å². The van der Waals surface area contributed by atoms with Gasteiger partial charge in [-0.3, -0.25) is 4.79 Å². The first-order valence-corrected chi connectivity index (χ1v) is 4.55. The van der Waals surface area contributed by atoms with E-state index in [0.717, 1.165) is 5.92 Å². The van der Waals surface area contributed by atoms with Gasteiger partial charge in [0.05, 0.1) is 0 Å². The third-order valence-corrected chi connectivity index (χ3v) is 5.11. The standard InChI is InChI=1S/C10H14O/c1-9(2)6-4-5-7(8(6)11)10(5,9)3/h5-7H,4H2,1-3H3. The van der Waals surface area contributed by atoms with Crippen LogP contribution in [0.5, 0.6) is 0 Å². The molecule has 0 aromatic rings. The molecule has 11 heavy (non-hydrogen) atoms. The first kappa shape index (κ1) is 6.22. The van der Waals surface area contributed by atoms with Gasteiger partial charge < -0.3 is 0 Å². The van der Waals surface area contributed by atoms with Gasteiger partial charge in [0.2, 0.25) is 0 Å². The molecule has 1 heteroatoms. The van der Waals surface area contributed by atoms with Crippen LogP contribution in [0.15, 0.2) is 0 Å². The van der Waals surface area contributed by atoms with E-state index in [9.17, 15) is 4.79 Å². The average molecular weight is 150 g/mol. The van der Waals surface area contributed by atoms with Gasteiger partial charge in [0.25, 0.3) is 0 Å². The highest BCUT2D eigenvalue weighted by Crippen LogP contribution is 2.84. The van der Waals surface area contributed by atoms with Crippen molar-refractivity contribution in [1.82, 2.24) is 0 Å². The molecule has 0 N–H and O–H groups in total. The van der Waals surface area contributed by atoms with Crippen LogP contribution < -0.4 is 0 Å². The second kappa shape index (κ2) is 1.19. The molecular weight excluding hydrogens is 136 g/mol. The highest BCUT2D eigenvalue weighted by atomic mass is 16.1. The summed E-state index contributed by atoms with van der Waals surface area (Å²) in [7, 11) is 0. The number of hydrogen-bond donors (Lipinski definition) is 0. The summed E-state index contributed by atoms with van der Waals surface area (Å²) in [6.07, 6.45) is 1.20. The van der Waals surface area contributed by atoms with Crippen molar-refractivity contribution in [2.24, 2.45) is 28.6 Å². The lowest BCUT2D eigenvalue weighted by Gasteiger charge is -2.27. The number of Topliss-reactive ketones (excluding diaryl/α,β-unsaturated/α-hetero) is 1. The van der Waals surface area contributed by atoms with Crippen LogP contribution in [0.1, 0.15) is 27.2 Å². The molecule has 1 nitrogen and oxygen atoms in total. The predicted octanol–water partition coefficient (Wildman–Crippen LogP) is 1.87. The van der Waals surface area contributed by atoms with Crippen molar-refractivity contribution in [2.45, 2.75) is 27.2 Å². The van der Waals surface area contributed by atoms with Crippen molar-refractivity contribution in [1.29, 1.82) is 0 Å². The van der Waals surface area contributed by atoms with Gasteiger partial charge in [-0.05, 0) is 23.2 Å². The van der Waals surface area contributed by atoms with E-state index < -0.39 is 0 Å². The van der Waals surface area contributed by atoms with E-state index in [4.69, 9.17) is 0 Å². The molecule has 0 aromatic heterocycles. The summed E-state index contributed by atoms with van der Waals surface area (Å²) >= 11 is 0. The normalized spacial score (nSPS) is 62.1. The minimum atomic E-state index is 0.319. The van der Waals surface area contributed by atoms with Gasteiger partial charge in [-0.15, -0.1) is 0 Å². The zero-order valence-corrected chi connectivity index (χ0v) is 7.35. The summed E-state index contributed by atoms with van der Waals surface area (Å²) in [5.74, 6) is 2.25. The molecule has 4 saturated carbocycles. The van der Waals surface area contributed by atoms with Crippen molar-refractivity contribution in [3.63, 3.8) is 0 Å². The lowest BCUT2D eigenvalue weighted by atomic mass is 9.76. The quantitative estimate of drug-likeness (QED) is 0.515.